The van der Waals surface area contributed by atoms with Gasteiger partial charge in [-0.2, -0.15) is 0 Å². The summed E-state index contributed by atoms with van der Waals surface area (Å²) in [6.45, 7) is 0. The van der Waals surface area contributed by atoms with Crippen molar-refractivity contribution in [3.8, 4) is 0 Å². The van der Waals surface area contributed by atoms with Gasteiger partial charge in [-0.1, -0.05) is 0 Å². The summed E-state index contributed by atoms with van der Waals surface area (Å²) in [7, 11) is 0.442. The average molecular weight is 477 g/mol. The first-order valence-electron chi connectivity index (χ1n) is 5.66. The molecule has 0 unspecified atom stereocenters. The van der Waals surface area contributed by atoms with Crippen LogP contribution in [0.5, 0.6) is 0 Å². The van der Waals surface area contributed by atoms with Crippen molar-refractivity contribution in [1.82, 2.24) is 0 Å². The van der Waals surface area contributed by atoms with E-state index in [1.807, 2.05) is 0 Å². The molecule has 23 heavy (non-hydrogen) atoms. The van der Waals surface area contributed by atoms with Crippen molar-refractivity contribution in [3.63, 3.8) is 0 Å². The molecule has 0 fully saturated rings. The number of carboxylic acid groups (broad SMARTS) is 2. The second kappa shape index (κ2) is 10.1. The molecule has 1 aromatic carbocycles. The normalized spacial score (nSPS) is 11.6. The summed E-state index contributed by atoms with van der Waals surface area (Å²) in [6, 6.07) is 6.97. The summed E-state index contributed by atoms with van der Waals surface area (Å²) in [4.78, 5) is 22.1. The molecule has 0 atom stereocenters. The molecule has 0 bridgehead atoms. The van der Waals surface area contributed by atoms with E-state index in [0.717, 1.165) is 15.1 Å². The number of carboxylic acids is 2. The van der Waals surface area contributed by atoms with E-state index in [1.54, 1.807) is 24.3 Å². The molecule has 1 aromatic rings. The molecule has 0 amide bonds. The van der Waals surface area contributed by atoms with Gasteiger partial charge in [0.1, 0.15) is 0 Å². The fraction of sp³-hybridized carbons (Fsp3) is 0.200. The Hall–Kier alpha value is 0.0284. The van der Waals surface area contributed by atoms with Crippen molar-refractivity contribution in [3.05, 3.63) is 24.3 Å². The summed E-state index contributed by atoms with van der Waals surface area (Å²) in [5.74, 6) is -2.04. The van der Waals surface area contributed by atoms with Gasteiger partial charge in [-0.05, 0) is 0 Å². The van der Waals surface area contributed by atoms with E-state index in [0.29, 0.717) is 14.7 Å². The zero-order valence-electron chi connectivity index (χ0n) is 11.3. The molecule has 0 saturated heterocycles. The Kier molecular flexibility index (Phi) is 9.27. The molecule has 0 saturated carbocycles. The van der Waals surface area contributed by atoms with Crippen LogP contribution in [-0.2, 0) is 18.6 Å². The molecule has 0 spiro atoms. The van der Waals surface area contributed by atoms with E-state index in [-0.39, 0.29) is 11.5 Å². The standard InChI is InChI=1S/C10H12AsNO6S5/c12-23(17,18)22-21-8-3-1-7(2-4-8)11(19-5-9(13)14)20-6-10(15)16/h1-4H,5-6H2,(H,13,14)(H,15,16)(H2,12,17,18). The SMILES string of the molecule is NS(=O)(=O)SSc1ccc([As](SCC(=O)O)SCC(=O)O)cc1. The minimum absolute atomic E-state index is 0.0790. The second-order valence-electron chi connectivity index (χ2n) is 3.73. The Morgan fingerprint density at radius 2 is 1.52 bits per heavy atom. The molecule has 7 nitrogen and oxygen atoms in total. The van der Waals surface area contributed by atoms with Gasteiger partial charge in [0.2, 0.25) is 0 Å². The van der Waals surface area contributed by atoms with Crippen molar-refractivity contribution in [2.45, 2.75) is 4.90 Å². The number of benzene rings is 1. The van der Waals surface area contributed by atoms with Crippen LogP contribution in [0.3, 0.4) is 0 Å². The van der Waals surface area contributed by atoms with Crippen molar-refractivity contribution < 1.29 is 28.2 Å². The van der Waals surface area contributed by atoms with Crippen LogP contribution in [-0.4, -0.2) is 54.4 Å². The number of rotatable bonds is 10. The number of hydrogen-bond acceptors (Lipinski definition) is 8. The van der Waals surface area contributed by atoms with Crippen LogP contribution in [0.25, 0.3) is 0 Å². The van der Waals surface area contributed by atoms with Gasteiger partial charge in [-0.15, -0.1) is 0 Å². The predicted molar refractivity (Wildman–Crippen MR) is 98.6 cm³/mol. The van der Waals surface area contributed by atoms with Gasteiger partial charge < -0.3 is 0 Å². The molecule has 1 rings (SSSR count). The minimum atomic E-state index is -3.64. The van der Waals surface area contributed by atoms with Crippen LogP contribution >= 0.6 is 40.7 Å². The summed E-state index contributed by atoms with van der Waals surface area (Å²) >= 11 is -1.94. The van der Waals surface area contributed by atoms with Crippen molar-refractivity contribution in [2.24, 2.45) is 5.14 Å². The van der Waals surface area contributed by atoms with E-state index in [1.165, 1.54) is 20.0 Å². The molecular weight excluding hydrogens is 465 g/mol. The Morgan fingerprint density at radius 1 is 1.04 bits per heavy atom. The monoisotopic (exact) mass is 477 g/mol. The Balaban J connectivity index is 2.76. The van der Waals surface area contributed by atoms with E-state index in [2.05, 4.69) is 0 Å². The Morgan fingerprint density at radius 3 is 1.91 bits per heavy atom. The van der Waals surface area contributed by atoms with E-state index >= 15 is 0 Å². The van der Waals surface area contributed by atoms with Gasteiger partial charge in [-0.3, -0.25) is 0 Å². The second-order valence-corrected chi connectivity index (χ2v) is 20.5. The zero-order valence-corrected chi connectivity index (χ0v) is 17.3. The van der Waals surface area contributed by atoms with Crippen LogP contribution in [0.1, 0.15) is 0 Å². The molecule has 0 aliphatic heterocycles. The van der Waals surface area contributed by atoms with Crippen LogP contribution in [0.2, 0.25) is 0 Å². The van der Waals surface area contributed by atoms with Gasteiger partial charge in [0, 0.05) is 0 Å². The molecule has 0 heterocycles. The van der Waals surface area contributed by atoms with Crippen molar-refractivity contribution in [1.29, 1.82) is 0 Å². The Bertz CT molecular complexity index is 634. The van der Waals surface area contributed by atoms with E-state index in [9.17, 15) is 18.0 Å². The molecule has 4 N–H and O–H groups in total. The first kappa shape index (κ1) is 21.1. The van der Waals surface area contributed by atoms with Gasteiger partial charge in [0.15, 0.2) is 0 Å². The Labute approximate surface area is 151 Å². The summed E-state index contributed by atoms with van der Waals surface area (Å²) < 4.78 is 22.7. The fourth-order valence-electron chi connectivity index (χ4n) is 1.12. The van der Waals surface area contributed by atoms with Crippen LogP contribution < -0.4 is 9.49 Å². The quantitative estimate of drug-likeness (QED) is 0.330. The van der Waals surface area contributed by atoms with Gasteiger partial charge in [-0.25, -0.2) is 0 Å². The fourth-order valence-corrected chi connectivity index (χ4v) is 14.9. The molecule has 0 aliphatic rings. The first-order chi connectivity index (χ1) is 10.7. The number of aliphatic carboxylic acids is 2. The van der Waals surface area contributed by atoms with Gasteiger partial charge in [0.25, 0.3) is 0 Å². The third-order valence-corrected chi connectivity index (χ3v) is 19.1. The van der Waals surface area contributed by atoms with Crippen molar-refractivity contribution >= 4 is 78.4 Å². The molecule has 0 radical (unpaired) electrons. The summed E-state index contributed by atoms with van der Waals surface area (Å²) in [5.41, 5.74) is 0. The maximum absolute atomic E-state index is 10.9. The zero-order chi connectivity index (χ0) is 17.5. The van der Waals surface area contributed by atoms with Gasteiger partial charge in [0.05, 0.1) is 0 Å². The molecule has 0 aliphatic carbocycles. The molecule has 13 heteroatoms. The molecular formula is C10H12AsNO6S5. The number of carbonyl (C=O) groups is 2. The maximum atomic E-state index is 10.9. The first-order valence-corrected chi connectivity index (χ1v) is 17.3. The third-order valence-electron chi connectivity index (χ3n) is 1.88. The summed E-state index contributed by atoms with van der Waals surface area (Å²) in [6.07, 6.45) is 0. The summed E-state index contributed by atoms with van der Waals surface area (Å²) in [5, 5.41) is 22.5. The molecule has 128 valence electrons. The van der Waals surface area contributed by atoms with E-state index in [4.69, 9.17) is 15.4 Å². The average Bonchev–Trinajstić information content (AvgIpc) is 2.44. The third kappa shape index (κ3) is 9.80. The topological polar surface area (TPSA) is 135 Å². The molecule has 0 aromatic heterocycles. The van der Waals surface area contributed by atoms with Crippen LogP contribution in [0.4, 0.5) is 0 Å². The number of hydrogen-bond donors (Lipinski definition) is 3. The predicted octanol–water partition coefficient (Wildman–Crippen LogP) is 0.961. The van der Waals surface area contributed by atoms with E-state index < -0.39 is 33.3 Å². The van der Waals surface area contributed by atoms with Crippen LogP contribution in [0, 0.1) is 0 Å². The number of nitrogens with two attached hydrogens (primary N) is 1. The van der Waals surface area contributed by atoms with Crippen LogP contribution in [0.15, 0.2) is 29.2 Å². The van der Waals surface area contributed by atoms with Gasteiger partial charge >= 0.3 is 152 Å². The van der Waals surface area contributed by atoms with Crippen molar-refractivity contribution in [2.75, 3.05) is 11.5 Å².